The summed E-state index contributed by atoms with van der Waals surface area (Å²) in [6.45, 7) is 4.77. The maximum atomic E-state index is 12.1. The van der Waals surface area contributed by atoms with Gasteiger partial charge in [-0.2, -0.15) is 0 Å². The molecule has 0 atom stereocenters. The van der Waals surface area contributed by atoms with Crippen LogP contribution in [-0.2, 0) is 4.79 Å². The fourth-order valence-corrected chi connectivity index (χ4v) is 3.20. The minimum atomic E-state index is -0.0754. The van der Waals surface area contributed by atoms with Gasteiger partial charge in [0.2, 0.25) is 0 Å². The Morgan fingerprint density at radius 2 is 2.20 bits per heavy atom. The smallest absolute Gasteiger partial charge is 0.266 e. The van der Waals surface area contributed by atoms with Gasteiger partial charge < -0.3 is 9.84 Å². The molecule has 0 bridgehead atoms. The number of carbonyl (C=O) groups is 1. The summed E-state index contributed by atoms with van der Waals surface area (Å²) in [5.74, 6) is 0.422. The van der Waals surface area contributed by atoms with E-state index >= 15 is 0 Å². The van der Waals surface area contributed by atoms with Crippen LogP contribution < -0.4 is 4.74 Å². The van der Waals surface area contributed by atoms with Crippen molar-refractivity contribution in [2.45, 2.75) is 13.8 Å². The lowest BCUT2D eigenvalue weighted by atomic mass is 10.2. The van der Waals surface area contributed by atoms with E-state index in [0.29, 0.717) is 28.1 Å². The van der Waals surface area contributed by atoms with Crippen LogP contribution in [0.1, 0.15) is 19.4 Å². The number of thioether (sulfide) groups is 1. The van der Waals surface area contributed by atoms with Gasteiger partial charge >= 0.3 is 0 Å². The third kappa shape index (κ3) is 2.96. The Balaban J connectivity index is 2.30. The number of rotatable bonds is 4. The van der Waals surface area contributed by atoms with E-state index < -0.39 is 0 Å². The summed E-state index contributed by atoms with van der Waals surface area (Å²) in [5.41, 5.74) is 0.794. The summed E-state index contributed by atoms with van der Waals surface area (Å²) < 4.78 is 5.90. The summed E-state index contributed by atoms with van der Waals surface area (Å²) in [4.78, 5) is 14.3. The number of aromatic hydroxyl groups is 1. The Labute approximate surface area is 127 Å². The van der Waals surface area contributed by atoms with Crippen LogP contribution >= 0.6 is 24.0 Å². The van der Waals surface area contributed by atoms with E-state index in [0.717, 1.165) is 5.56 Å². The molecule has 0 unspecified atom stereocenters. The second-order valence-electron chi connectivity index (χ2n) is 4.09. The van der Waals surface area contributed by atoms with Gasteiger partial charge in [0.05, 0.1) is 11.5 Å². The zero-order valence-electron chi connectivity index (χ0n) is 11.3. The molecule has 1 saturated heterocycles. The van der Waals surface area contributed by atoms with Crippen LogP contribution in [0.5, 0.6) is 11.5 Å². The van der Waals surface area contributed by atoms with Gasteiger partial charge in [0.25, 0.3) is 5.91 Å². The van der Waals surface area contributed by atoms with Crippen LogP contribution in [0.4, 0.5) is 0 Å². The number of hydrogen-bond acceptors (Lipinski definition) is 5. The molecule has 20 heavy (non-hydrogen) atoms. The minimum absolute atomic E-state index is 0.0754. The lowest BCUT2D eigenvalue weighted by molar-refractivity contribution is -0.121. The molecule has 1 amide bonds. The number of amides is 1. The first-order chi connectivity index (χ1) is 9.56. The van der Waals surface area contributed by atoms with Gasteiger partial charge in [0.15, 0.2) is 11.5 Å². The van der Waals surface area contributed by atoms with E-state index in [1.807, 2.05) is 13.8 Å². The maximum Gasteiger partial charge on any atom is 0.266 e. The molecular weight excluding hydrogens is 294 g/mol. The van der Waals surface area contributed by atoms with Crippen molar-refractivity contribution in [3.8, 4) is 11.5 Å². The van der Waals surface area contributed by atoms with Gasteiger partial charge in [-0.15, -0.1) is 0 Å². The Morgan fingerprint density at radius 1 is 1.45 bits per heavy atom. The Kier molecular flexibility index (Phi) is 4.67. The molecule has 1 heterocycles. The van der Waals surface area contributed by atoms with Crippen molar-refractivity contribution in [2.24, 2.45) is 0 Å². The number of ether oxygens (including phenoxy) is 1. The van der Waals surface area contributed by atoms with E-state index in [9.17, 15) is 9.90 Å². The average molecular weight is 309 g/mol. The van der Waals surface area contributed by atoms with Gasteiger partial charge in [0, 0.05) is 6.54 Å². The molecule has 1 aliphatic heterocycles. The van der Waals surface area contributed by atoms with E-state index in [4.69, 9.17) is 17.0 Å². The summed E-state index contributed by atoms with van der Waals surface area (Å²) >= 11 is 6.45. The first kappa shape index (κ1) is 14.9. The Hall–Kier alpha value is -1.53. The van der Waals surface area contributed by atoms with E-state index in [-0.39, 0.29) is 11.7 Å². The number of phenols is 1. The summed E-state index contributed by atoms with van der Waals surface area (Å²) in [7, 11) is 0. The summed E-state index contributed by atoms with van der Waals surface area (Å²) in [6.07, 6.45) is 1.76. The number of thiocarbonyl (C=S) groups is 1. The molecule has 6 heteroatoms. The minimum Gasteiger partial charge on any atom is -0.504 e. The van der Waals surface area contributed by atoms with Crippen LogP contribution in [0.2, 0.25) is 0 Å². The highest BCUT2D eigenvalue weighted by atomic mass is 32.2. The molecule has 0 saturated carbocycles. The van der Waals surface area contributed by atoms with E-state index in [2.05, 4.69) is 0 Å². The lowest BCUT2D eigenvalue weighted by Gasteiger charge is -2.09. The van der Waals surface area contributed by atoms with Crippen LogP contribution in [0.3, 0.4) is 0 Å². The number of benzene rings is 1. The predicted molar refractivity (Wildman–Crippen MR) is 84.8 cm³/mol. The van der Waals surface area contributed by atoms with Crippen molar-refractivity contribution in [1.29, 1.82) is 0 Å². The molecule has 0 aromatic heterocycles. The quantitative estimate of drug-likeness (QED) is 0.684. The SMILES string of the molecule is CCOc1cc(C=C2SC(=S)N(CC)C2=O)ccc1O. The second-order valence-corrected chi connectivity index (χ2v) is 5.76. The second kappa shape index (κ2) is 6.28. The highest BCUT2D eigenvalue weighted by molar-refractivity contribution is 8.26. The molecule has 106 valence electrons. The zero-order valence-corrected chi connectivity index (χ0v) is 12.9. The number of carbonyl (C=O) groups excluding carboxylic acids is 1. The van der Waals surface area contributed by atoms with Crippen molar-refractivity contribution in [3.63, 3.8) is 0 Å². The van der Waals surface area contributed by atoms with Crippen molar-refractivity contribution >= 4 is 40.3 Å². The number of hydrogen-bond donors (Lipinski definition) is 1. The molecule has 0 spiro atoms. The standard InChI is InChI=1S/C14H15NO3S2/c1-3-15-13(17)12(20-14(15)19)8-9-5-6-10(16)11(7-9)18-4-2/h5-8,16H,3-4H2,1-2H3. The maximum absolute atomic E-state index is 12.1. The Morgan fingerprint density at radius 3 is 2.80 bits per heavy atom. The van der Waals surface area contributed by atoms with Gasteiger partial charge in [-0.3, -0.25) is 9.69 Å². The van der Waals surface area contributed by atoms with Crippen LogP contribution in [0.25, 0.3) is 6.08 Å². The third-order valence-electron chi connectivity index (χ3n) is 2.77. The van der Waals surface area contributed by atoms with Crippen molar-refractivity contribution in [3.05, 3.63) is 28.7 Å². The van der Waals surface area contributed by atoms with E-state index in [1.165, 1.54) is 11.8 Å². The number of phenolic OH excluding ortho intramolecular Hbond substituents is 1. The highest BCUT2D eigenvalue weighted by Gasteiger charge is 2.30. The monoisotopic (exact) mass is 309 g/mol. The van der Waals surface area contributed by atoms with Crippen molar-refractivity contribution in [1.82, 2.24) is 4.90 Å². The van der Waals surface area contributed by atoms with Gasteiger partial charge in [-0.1, -0.05) is 30.0 Å². The molecule has 1 aromatic rings. The van der Waals surface area contributed by atoms with Crippen molar-refractivity contribution < 1.29 is 14.6 Å². The molecular formula is C14H15NO3S2. The third-order valence-corrected chi connectivity index (χ3v) is 4.15. The highest BCUT2D eigenvalue weighted by Crippen LogP contribution is 2.34. The fraction of sp³-hybridized carbons (Fsp3) is 0.286. The first-order valence-electron chi connectivity index (χ1n) is 6.28. The molecule has 0 radical (unpaired) electrons. The molecule has 4 nitrogen and oxygen atoms in total. The normalized spacial score (nSPS) is 17.1. The van der Waals surface area contributed by atoms with Crippen LogP contribution in [0, 0.1) is 0 Å². The largest absolute Gasteiger partial charge is 0.504 e. The van der Waals surface area contributed by atoms with Gasteiger partial charge in [-0.25, -0.2) is 0 Å². The molecule has 1 aliphatic rings. The molecule has 2 rings (SSSR count). The topological polar surface area (TPSA) is 49.8 Å². The molecule has 1 N–H and O–H groups in total. The number of nitrogens with zero attached hydrogens (tertiary/aromatic N) is 1. The van der Waals surface area contributed by atoms with Gasteiger partial charge in [0.1, 0.15) is 4.32 Å². The molecule has 0 aliphatic carbocycles. The number of likely N-dealkylation sites (N-methyl/N-ethyl adjacent to an activating group) is 1. The fourth-order valence-electron chi connectivity index (χ4n) is 1.82. The summed E-state index contributed by atoms with van der Waals surface area (Å²) in [6, 6.07) is 4.99. The lowest BCUT2D eigenvalue weighted by Crippen LogP contribution is -2.27. The van der Waals surface area contributed by atoms with Crippen LogP contribution in [0.15, 0.2) is 23.1 Å². The van der Waals surface area contributed by atoms with Crippen LogP contribution in [-0.4, -0.2) is 33.4 Å². The molecule has 1 aromatic carbocycles. The average Bonchev–Trinajstić information content (AvgIpc) is 2.68. The summed E-state index contributed by atoms with van der Waals surface area (Å²) in [5, 5.41) is 9.65. The van der Waals surface area contributed by atoms with Gasteiger partial charge in [-0.05, 0) is 37.6 Å². The molecule has 1 fully saturated rings. The Bertz CT molecular complexity index is 584. The zero-order chi connectivity index (χ0) is 14.7. The van der Waals surface area contributed by atoms with E-state index in [1.54, 1.807) is 29.2 Å². The predicted octanol–water partition coefficient (Wildman–Crippen LogP) is 3.01. The van der Waals surface area contributed by atoms with Crippen molar-refractivity contribution in [2.75, 3.05) is 13.2 Å². The first-order valence-corrected chi connectivity index (χ1v) is 7.50.